The molecule has 3 rings (SSSR count). The first-order valence-corrected chi connectivity index (χ1v) is 15.9. The summed E-state index contributed by atoms with van der Waals surface area (Å²) in [6.45, 7) is 9.99. The SMILES string of the molecule is C=CC(=O)OCCOC(=O)/C(C#N)=C/c1ccc(N(CCCCc2ccc(S(=O)(=O)c3ccc(C)cc3)cc2)C(C)C)cc1. The molecule has 8 nitrogen and oxygen atoms in total. The molecule has 0 bridgehead atoms. The van der Waals surface area contributed by atoms with Crippen molar-refractivity contribution in [2.75, 3.05) is 24.7 Å². The number of hydrogen-bond donors (Lipinski definition) is 0. The fourth-order valence-corrected chi connectivity index (χ4v) is 5.73. The fraction of sp³-hybridized carbons (Fsp3) is 0.286. The van der Waals surface area contributed by atoms with Crippen LogP contribution in [0.25, 0.3) is 6.08 Å². The van der Waals surface area contributed by atoms with Gasteiger partial charge in [-0.3, -0.25) is 0 Å². The summed E-state index contributed by atoms with van der Waals surface area (Å²) in [5.41, 5.74) is 3.64. The molecule has 9 heteroatoms. The monoisotopic (exact) mass is 614 g/mol. The van der Waals surface area contributed by atoms with Gasteiger partial charge < -0.3 is 14.4 Å². The van der Waals surface area contributed by atoms with Crippen LogP contribution in [0.3, 0.4) is 0 Å². The van der Waals surface area contributed by atoms with Gasteiger partial charge in [-0.15, -0.1) is 0 Å². The number of esters is 2. The molecular formula is C35H38N2O6S. The Morgan fingerprint density at radius 1 is 0.909 bits per heavy atom. The number of carbonyl (C=O) groups is 2. The average Bonchev–Trinajstić information content (AvgIpc) is 3.02. The number of carbonyl (C=O) groups excluding carboxylic acids is 2. The zero-order valence-electron chi connectivity index (χ0n) is 25.4. The summed E-state index contributed by atoms with van der Waals surface area (Å²) in [6.07, 6.45) is 5.19. The van der Waals surface area contributed by atoms with Gasteiger partial charge in [0.05, 0.1) is 9.79 Å². The Hall–Kier alpha value is -4.68. The van der Waals surface area contributed by atoms with E-state index in [1.807, 2.05) is 49.4 Å². The average molecular weight is 615 g/mol. The van der Waals surface area contributed by atoms with Crippen LogP contribution >= 0.6 is 0 Å². The minimum Gasteiger partial charge on any atom is -0.459 e. The predicted molar refractivity (Wildman–Crippen MR) is 171 cm³/mol. The Balaban J connectivity index is 1.53. The Morgan fingerprint density at radius 3 is 2.07 bits per heavy atom. The second-order valence-electron chi connectivity index (χ2n) is 10.5. The van der Waals surface area contributed by atoms with Crippen LogP contribution in [-0.4, -0.2) is 46.2 Å². The topological polar surface area (TPSA) is 114 Å². The first-order chi connectivity index (χ1) is 21.0. The summed E-state index contributed by atoms with van der Waals surface area (Å²) in [6, 6.07) is 23.7. The number of nitrogens with zero attached hydrogens (tertiary/aromatic N) is 2. The molecule has 0 aromatic heterocycles. The van der Waals surface area contributed by atoms with Gasteiger partial charge in [0.2, 0.25) is 9.84 Å². The first-order valence-electron chi connectivity index (χ1n) is 14.4. The van der Waals surface area contributed by atoms with Crippen molar-refractivity contribution >= 4 is 33.5 Å². The van der Waals surface area contributed by atoms with Crippen molar-refractivity contribution in [2.45, 2.75) is 55.9 Å². The van der Waals surface area contributed by atoms with Crippen molar-refractivity contribution in [3.63, 3.8) is 0 Å². The van der Waals surface area contributed by atoms with E-state index in [1.165, 1.54) is 6.08 Å². The highest BCUT2D eigenvalue weighted by molar-refractivity contribution is 7.91. The van der Waals surface area contributed by atoms with Gasteiger partial charge in [-0.25, -0.2) is 18.0 Å². The molecule has 0 saturated carbocycles. The van der Waals surface area contributed by atoms with Crippen LogP contribution in [0.5, 0.6) is 0 Å². The predicted octanol–water partition coefficient (Wildman–Crippen LogP) is 6.24. The summed E-state index contributed by atoms with van der Waals surface area (Å²) < 4.78 is 35.6. The maximum absolute atomic E-state index is 12.9. The Bertz CT molecular complexity index is 1600. The molecule has 0 unspecified atom stereocenters. The molecule has 0 radical (unpaired) electrons. The highest BCUT2D eigenvalue weighted by Crippen LogP contribution is 2.23. The molecule has 44 heavy (non-hydrogen) atoms. The van der Waals surface area contributed by atoms with E-state index in [4.69, 9.17) is 9.47 Å². The van der Waals surface area contributed by atoms with Gasteiger partial charge in [0.25, 0.3) is 0 Å². The zero-order valence-corrected chi connectivity index (χ0v) is 26.2. The van der Waals surface area contributed by atoms with Crippen molar-refractivity contribution < 1.29 is 27.5 Å². The summed E-state index contributed by atoms with van der Waals surface area (Å²) in [7, 11) is -3.54. The largest absolute Gasteiger partial charge is 0.459 e. The maximum Gasteiger partial charge on any atom is 0.349 e. The van der Waals surface area contributed by atoms with E-state index >= 15 is 0 Å². The van der Waals surface area contributed by atoms with Crippen LogP contribution in [0, 0.1) is 18.3 Å². The normalized spacial score (nSPS) is 11.5. The van der Waals surface area contributed by atoms with E-state index in [2.05, 4.69) is 25.3 Å². The number of benzene rings is 3. The minimum atomic E-state index is -3.54. The van der Waals surface area contributed by atoms with Crippen molar-refractivity contribution in [3.8, 4) is 6.07 Å². The zero-order chi connectivity index (χ0) is 32.1. The molecular weight excluding hydrogens is 576 g/mol. The molecule has 0 aliphatic heterocycles. The number of unbranched alkanes of at least 4 members (excludes halogenated alkanes) is 1. The Kier molecular flexibility index (Phi) is 12.5. The highest BCUT2D eigenvalue weighted by Gasteiger charge is 2.17. The summed E-state index contributed by atoms with van der Waals surface area (Å²) in [5.74, 6) is -1.41. The van der Waals surface area contributed by atoms with Crippen molar-refractivity contribution in [1.29, 1.82) is 5.26 Å². The lowest BCUT2D eigenvalue weighted by Crippen LogP contribution is -2.31. The summed E-state index contributed by atoms with van der Waals surface area (Å²) in [5, 5.41) is 9.41. The van der Waals surface area contributed by atoms with Gasteiger partial charge in [-0.2, -0.15) is 5.26 Å². The standard InChI is InChI=1S/C35H38N2O6S/c1-5-34(38)42-22-23-43-35(39)30(25-36)24-29-11-15-31(16-12-29)37(26(2)3)21-7-6-8-28-13-19-33(20-14-28)44(40,41)32-17-9-27(4)10-18-32/h5,9-20,24,26H,1,6-8,21-23H2,2-4H3/b30-24+. The highest BCUT2D eigenvalue weighted by atomic mass is 32.2. The molecule has 0 atom stereocenters. The van der Waals surface area contributed by atoms with Gasteiger partial charge in [-0.05, 0) is 93.6 Å². The molecule has 0 aliphatic rings. The molecule has 0 N–H and O–H groups in total. The molecule has 0 saturated heterocycles. The number of anilines is 1. The first kappa shape index (κ1) is 33.8. The van der Waals surface area contributed by atoms with Gasteiger partial charge in [0.15, 0.2) is 0 Å². The van der Waals surface area contributed by atoms with E-state index < -0.39 is 21.8 Å². The van der Waals surface area contributed by atoms with Crippen LogP contribution in [0.15, 0.2) is 101 Å². The van der Waals surface area contributed by atoms with Crippen LogP contribution in [0.2, 0.25) is 0 Å². The molecule has 0 spiro atoms. The van der Waals surface area contributed by atoms with Crippen molar-refractivity contribution in [1.82, 2.24) is 0 Å². The number of ether oxygens (including phenoxy) is 2. The van der Waals surface area contributed by atoms with Gasteiger partial charge in [-0.1, -0.05) is 48.5 Å². The van der Waals surface area contributed by atoms with Gasteiger partial charge in [0.1, 0.15) is 24.9 Å². The molecule has 0 fully saturated rings. The Morgan fingerprint density at radius 2 is 1.50 bits per heavy atom. The van der Waals surface area contributed by atoms with E-state index in [1.54, 1.807) is 36.4 Å². The number of nitriles is 1. The third kappa shape index (κ3) is 9.68. The number of rotatable bonds is 15. The van der Waals surface area contributed by atoms with Crippen molar-refractivity contribution in [2.24, 2.45) is 0 Å². The second-order valence-corrected chi connectivity index (χ2v) is 12.4. The molecule has 0 aliphatic carbocycles. The summed E-state index contributed by atoms with van der Waals surface area (Å²) in [4.78, 5) is 26.2. The third-order valence-electron chi connectivity index (χ3n) is 6.91. The number of sulfone groups is 1. The number of hydrogen-bond acceptors (Lipinski definition) is 8. The third-order valence-corrected chi connectivity index (χ3v) is 8.69. The smallest absolute Gasteiger partial charge is 0.349 e. The van der Waals surface area contributed by atoms with Gasteiger partial charge >= 0.3 is 11.9 Å². The second kappa shape index (κ2) is 16.2. The lowest BCUT2D eigenvalue weighted by atomic mass is 10.1. The van der Waals surface area contributed by atoms with Crippen LogP contribution in [0.4, 0.5) is 5.69 Å². The fourth-order valence-electron chi connectivity index (χ4n) is 4.46. The van der Waals surface area contributed by atoms with Crippen LogP contribution in [-0.2, 0) is 35.3 Å². The molecule has 3 aromatic rings. The van der Waals surface area contributed by atoms with Crippen LogP contribution < -0.4 is 4.90 Å². The maximum atomic E-state index is 12.9. The molecule has 0 amide bonds. The van der Waals surface area contributed by atoms with Crippen LogP contribution in [0.1, 0.15) is 43.4 Å². The molecule has 3 aromatic carbocycles. The van der Waals surface area contributed by atoms with E-state index in [0.717, 1.165) is 48.7 Å². The molecule has 230 valence electrons. The minimum absolute atomic E-state index is 0.125. The van der Waals surface area contributed by atoms with E-state index in [0.29, 0.717) is 15.4 Å². The summed E-state index contributed by atoms with van der Waals surface area (Å²) >= 11 is 0. The van der Waals surface area contributed by atoms with E-state index in [-0.39, 0.29) is 24.8 Å². The quantitative estimate of drug-likeness (QED) is 0.0855. The lowest BCUT2D eigenvalue weighted by Gasteiger charge is -2.29. The molecule has 0 heterocycles. The number of aryl methyl sites for hydroxylation is 2. The van der Waals surface area contributed by atoms with E-state index in [9.17, 15) is 23.3 Å². The van der Waals surface area contributed by atoms with Crippen molar-refractivity contribution in [3.05, 3.63) is 108 Å². The Labute approximate surface area is 260 Å². The van der Waals surface area contributed by atoms with Gasteiger partial charge in [0, 0.05) is 24.4 Å². The lowest BCUT2D eigenvalue weighted by molar-refractivity contribution is -0.146.